The first-order valence-electron chi connectivity index (χ1n) is 16.9. The Kier molecular flexibility index (Phi) is 17.9. The van der Waals surface area contributed by atoms with Gasteiger partial charge in [0.1, 0.15) is 0 Å². The second kappa shape index (κ2) is 22.8. The maximum Gasteiger partial charge on any atom is 1.00 e. The minimum atomic E-state index is -0.446. The van der Waals surface area contributed by atoms with Gasteiger partial charge in [0.05, 0.1) is 0 Å². The van der Waals surface area contributed by atoms with Crippen LogP contribution in [0.25, 0.3) is 0 Å². The molecule has 0 saturated heterocycles. The molecular weight excluding hydrogens is 760 g/mol. The van der Waals surface area contributed by atoms with Crippen LogP contribution in [0, 0.1) is 5.92 Å². The molecule has 0 unspecified atom stereocenters. The van der Waals surface area contributed by atoms with Gasteiger partial charge in [-0.1, -0.05) is 231 Å². The molecule has 6 aromatic carbocycles. The SMILES string of the molecule is C1=C[C]2C=CC=C2C=C1.CC[S-].[Ru+].c1ccc(P(c2ccccc2)c2ccccc2)cc1.c1ccc(P(c2ccccc2)c2ccccc2)cc1. The van der Waals surface area contributed by atoms with Crippen LogP contribution in [-0.4, -0.2) is 5.75 Å². The van der Waals surface area contributed by atoms with Crippen molar-refractivity contribution in [1.82, 2.24) is 0 Å². The molecule has 6 aromatic rings. The maximum atomic E-state index is 4.39. The molecule has 51 heavy (non-hydrogen) atoms. The summed E-state index contributed by atoms with van der Waals surface area (Å²) in [4.78, 5) is 0. The van der Waals surface area contributed by atoms with Crippen LogP contribution < -0.4 is 31.8 Å². The number of fused-ring (bicyclic) bond motifs is 1. The quantitative estimate of drug-likeness (QED) is 0.0920. The van der Waals surface area contributed by atoms with Crippen molar-refractivity contribution in [3.05, 3.63) is 236 Å². The van der Waals surface area contributed by atoms with Crippen LogP contribution in [0.15, 0.2) is 230 Å². The summed E-state index contributed by atoms with van der Waals surface area (Å²) >= 11 is 4.39. The van der Waals surface area contributed by atoms with Gasteiger partial charge in [-0.25, -0.2) is 0 Å². The van der Waals surface area contributed by atoms with E-state index in [0.717, 1.165) is 5.75 Å². The first-order chi connectivity index (χ1) is 24.8. The van der Waals surface area contributed by atoms with Gasteiger partial charge < -0.3 is 12.6 Å². The summed E-state index contributed by atoms with van der Waals surface area (Å²) in [7, 11) is -0.892. The predicted octanol–water partition coefficient (Wildman–Crippen LogP) is 9.62. The first kappa shape index (κ1) is 39.9. The number of benzene rings is 6. The molecule has 0 fully saturated rings. The largest absolute Gasteiger partial charge is 1.00 e. The average molecular weight is 802 g/mol. The summed E-state index contributed by atoms with van der Waals surface area (Å²) in [5, 5.41) is 8.39. The van der Waals surface area contributed by atoms with Gasteiger partial charge in [0.15, 0.2) is 0 Å². The first-order valence-corrected chi connectivity index (χ1v) is 20.1. The molecule has 4 heteroatoms. The molecule has 0 amide bonds. The number of allylic oxidation sites excluding steroid dienone is 8. The fraction of sp³-hybridized carbons (Fsp3) is 0.0426. The molecule has 0 heterocycles. The van der Waals surface area contributed by atoms with E-state index in [1.807, 2.05) is 6.92 Å². The topological polar surface area (TPSA) is 0 Å². The van der Waals surface area contributed by atoms with Gasteiger partial charge in [-0.15, -0.1) is 0 Å². The second-order valence-corrected chi connectivity index (χ2v) is 16.1. The zero-order valence-electron chi connectivity index (χ0n) is 28.7. The Balaban J connectivity index is 0.000000172. The summed E-state index contributed by atoms with van der Waals surface area (Å²) in [5.74, 6) is 2.16. The third-order valence-corrected chi connectivity index (χ3v) is 12.5. The van der Waals surface area contributed by atoms with Gasteiger partial charge in [-0.3, -0.25) is 0 Å². The molecule has 0 spiro atoms. The molecule has 8 rings (SSSR count). The Morgan fingerprint density at radius 1 is 0.373 bits per heavy atom. The third kappa shape index (κ3) is 12.4. The zero-order valence-corrected chi connectivity index (χ0v) is 33.1. The third-order valence-electron chi connectivity index (χ3n) is 7.63. The molecule has 0 saturated carbocycles. The smallest absolute Gasteiger partial charge is 0.793 e. The molecule has 2 aliphatic rings. The van der Waals surface area contributed by atoms with Crippen LogP contribution in [0.1, 0.15) is 6.92 Å². The van der Waals surface area contributed by atoms with Crippen LogP contribution >= 0.6 is 15.8 Å². The molecule has 0 atom stereocenters. The van der Waals surface area contributed by atoms with Gasteiger partial charge in [0.25, 0.3) is 0 Å². The summed E-state index contributed by atoms with van der Waals surface area (Å²) in [5.41, 5.74) is 1.33. The van der Waals surface area contributed by atoms with Crippen molar-refractivity contribution in [1.29, 1.82) is 0 Å². The fourth-order valence-electron chi connectivity index (χ4n) is 5.43. The van der Waals surface area contributed by atoms with Crippen molar-refractivity contribution in [2.24, 2.45) is 0 Å². The molecule has 2 radical (unpaired) electrons. The van der Waals surface area contributed by atoms with E-state index >= 15 is 0 Å². The number of rotatable bonds is 6. The minimum Gasteiger partial charge on any atom is -0.793 e. The van der Waals surface area contributed by atoms with Gasteiger partial charge in [0.2, 0.25) is 0 Å². The van der Waals surface area contributed by atoms with Crippen molar-refractivity contribution in [3.63, 3.8) is 0 Å². The zero-order chi connectivity index (χ0) is 34.6. The predicted molar refractivity (Wildman–Crippen MR) is 227 cm³/mol. The number of hydrogen-bond acceptors (Lipinski definition) is 1. The van der Waals surface area contributed by atoms with Crippen LogP contribution in [0.4, 0.5) is 0 Å². The Bertz CT molecular complexity index is 1620. The van der Waals surface area contributed by atoms with Crippen LogP contribution in [0.3, 0.4) is 0 Å². The van der Waals surface area contributed by atoms with Crippen LogP contribution in [0.5, 0.6) is 0 Å². The Morgan fingerprint density at radius 2 is 0.608 bits per heavy atom. The van der Waals surface area contributed by atoms with Crippen molar-refractivity contribution in [2.45, 2.75) is 6.92 Å². The molecule has 0 aliphatic heterocycles. The minimum absolute atomic E-state index is 0. The molecule has 254 valence electrons. The van der Waals surface area contributed by atoms with E-state index in [0.29, 0.717) is 0 Å². The van der Waals surface area contributed by atoms with E-state index in [2.05, 4.69) is 237 Å². The summed E-state index contributed by atoms with van der Waals surface area (Å²) in [6.45, 7) is 1.94. The Labute approximate surface area is 326 Å². The van der Waals surface area contributed by atoms with E-state index in [1.165, 1.54) is 43.3 Å². The fourth-order valence-corrected chi connectivity index (χ4v) is 10.0. The van der Waals surface area contributed by atoms with Crippen molar-refractivity contribution in [2.75, 3.05) is 5.75 Å². The Morgan fingerprint density at radius 3 is 0.863 bits per heavy atom. The standard InChI is InChI=1S/2C18H15P.C9H7.C2H6S.Ru/c2*1-4-10-16(11-5-1)19(17-12-6-2-7-13-17)18-14-8-3-9-15-18;1-2-5-9-7-3-6-8(9)4-1;1-2-3;/h2*1-15H;1-7H;3H,2H2,1H3;/q;;;;+1/p-1. The van der Waals surface area contributed by atoms with Crippen LogP contribution in [0.2, 0.25) is 0 Å². The van der Waals surface area contributed by atoms with Crippen molar-refractivity contribution in [3.8, 4) is 0 Å². The molecule has 0 N–H and O–H groups in total. The average Bonchev–Trinajstić information content (AvgIpc) is 3.68. The molecular formula is C47H42P2RuS. The van der Waals surface area contributed by atoms with Gasteiger partial charge in [0, 0.05) is 5.92 Å². The normalized spacial score (nSPS) is 12.2. The van der Waals surface area contributed by atoms with Crippen molar-refractivity contribution >= 4 is 60.3 Å². The van der Waals surface area contributed by atoms with E-state index in [4.69, 9.17) is 0 Å². The monoisotopic (exact) mass is 802 g/mol. The summed E-state index contributed by atoms with van der Waals surface area (Å²) < 4.78 is 0. The molecule has 2 aliphatic carbocycles. The van der Waals surface area contributed by atoms with Gasteiger partial charge in [-0.05, 0) is 53.2 Å². The molecule has 0 aromatic heterocycles. The summed E-state index contributed by atoms with van der Waals surface area (Å²) in [6, 6.07) is 64.7. The van der Waals surface area contributed by atoms with Crippen molar-refractivity contribution < 1.29 is 19.5 Å². The van der Waals surface area contributed by atoms with Crippen LogP contribution in [-0.2, 0) is 32.1 Å². The van der Waals surface area contributed by atoms with E-state index in [-0.39, 0.29) is 19.5 Å². The number of hydrogen-bond donors (Lipinski definition) is 0. The van der Waals surface area contributed by atoms with E-state index < -0.39 is 15.8 Å². The summed E-state index contributed by atoms with van der Waals surface area (Å²) in [6.07, 6.45) is 14.7. The van der Waals surface area contributed by atoms with E-state index in [9.17, 15) is 0 Å². The molecule has 0 nitrogen and oxygen atoms in total. The second-order valence-electron chi connectivity index (χ2n) is 11.1. The maximum absolute atomic E-state index is 4.39. The Hall–Kier alpha value is -3.89. The van der Waals surface area contributed by atoms with E-state index in [1.54, 1.807) is 0 Å². The van der Waals surface area contributed by atoms with Gasteiger partial charge >= 0.3 is 19.5 Å². The van der Waals surface area contributed by atoms with Gasteiger partial charge in [-0.2, -0.15) is 5.75 Å². The molecule has 0 bridgehead atoms.